The summed E-state index contributed by atoms with van der Waals surface area (Å²) in [5, 5.41) is 0. The van der Waals surface area contributed by atoms with Crippen LogP contribution in [-0.2, 0) is 22.6 Å². The van der Waals surface area contributed by atoms with Crippen LogP contribution in [0.2, 0.25) is 0 Å². The van der Waals surface area contributed by atoms with Crippen molar-refractivity contribution in [3.63, 3.8) is 0 Å². The molecular formula is C20H24N2O2. The lowest BCUT2D eigenvalue weighted by Crippen LogP contribution is -2.51. The van der Waals surface area contributed by atoms with E-state index in [2.05, 4.69) is 40.2 Å². The van der Waals surface area contributed by atoms with Gasteiger partial charge in [0.15, 0.2) is 0 Å². The highest BCUT2D eigenvalue weighted by Crippen LogP contribution is 2.33. The molecule has 126 valence electrons. The van der Waals surface area contributed by atoms with Crippen molar-refractivity contribution in [2.24, 2.45) is 0 Å². The largest absolute Gasteiger partial charge is 0.373 e. The summed E-state index contributed by atoms with van der Waals surface area (Å²) in [4.78, 5) is 6.62. The zero-order valence-corrected chi connectivity index (χ0v) is 13.9. The van der Waals surface area contributed by atoms with Crippen LogP contribution in [0.15, 0.2) is 54.9 Å². The molecule has 1 aromatic heterocycles. The first-order valence-electron chi connectivity index (χ1n) is 8.80. The molecule has 4 heteroatoms. The second-order valence-corrected chi connectivity index (χ2v) is 6.64. The standard InChI is InChI=1S/C20H24N2O2/c1-2-4-16(5-3-1)14-22-12-13-23-20-18(22)6-7-19(20)24-15-17-8-10-21-11-9-17/h1-5,8-11,18-20H,6-7,12-15H2/t18-,19-,20+/m1/s1. The minimum atomic E-state index is 0.196. The molecule has 1 saturated heterocycles. The summed E-state index contributed by atoms with van der Waals surface area (Å²) in [7, 11) is 0. The Balaban J connectivity index is 1.37. The van der Waals surface area contributed by atoms with Crippen molar-refractivity contribution >= 4 is 0 Å². The molecule has 3 atom stereocenters. The fraction of sp³-hybridized carbons (Fsp3) is 0.450. The Morgan fingerprint density at radius 3 is 2.71 bits per heavy atom. The average Bonchev–Trinajstić information content (AvgIpc) is 3.06. The van der Waals surface area contributed by atoms with E-state index in [1.807, 2.05) is 24.5 Å². The van der Waals surface area contributed by atoms with E-state index >= 15 is 0 Å². The Morgan fingerprint density at radius 2 is 1.88 bits per heavy atom. The van der Waals surface area contributed by atoms with Crippen molar-refractivity contribution in [2.75, 3.05) is 13.2 Å². The molecule has 0 unspecified atom stereocenters. The van der Waals surface area contributed by atoms with Crippen LogP contribution in [0.1, 0.15) is 24.0 Å². The van der Waals surface area contributed by atoms with E-state index in [0.29, 0.717) is 12.6 Å². The maximum atomic E-state index is 6.18. The summed E-state index contributed by atoms with van der Waals surface area (Å²) in [6, 6.07) is 15.2. The van der Waals surface area contributed by atoms with E-state index in [1.165, 1.54) is 11.1 Å². The molecule has 1 aliphatic heterocycles. The van der Waals surface area contributed by atoms with E-state index in [-0.39, 0.29) is 12.2 Å². The first-order valence-corrected chi connectivity index (χ1v) is 8.80. The van der Waals surface area contributed by atoms with Crippen LogP contribution in [0.3, 0.4) is 0 Å². The normalized spacial score (nSPS) is 27.1. The van der Waals surface area contributed by atoms with Crippen LogP contribution in [0, 0.1) is 0 Å². The second-order valence-electron chi connectivity index (χ2n) is 6.64. The van der Waals surface area contributed by atoms with Crippen molar-refractivity contribution in [3.8, 4) is 0 Å². The number of pyridine rings is 1. The molecule has 0 spiro atoms. The Hall–Kier alpha value is -1.75. The maximum Gasteiger partial charge on any atom is 0.0992 e. The molecule has 4 rings (SSSR count). The number of ether oxygens (including phenoxy) is 2. The second kappa shape index (κ2) is 7.43. The molecule has 1 saturated carbocycles. The molecule has 2 aromatic rings. The average molecular weight is 324 g/mol. The van der Waals surface area contributed by atoms with Crippen LogP contribution < -0.4 is 0 Å². The molecule has 2 fully saturated rings. The number of hydrogen-bond donors (Lipinski definition) is 0. The van der Waals surface area contributed by atoms with Crippen molar-refractivity contribution in [1.29, 1.82) is 0 Å². The van der Waals surface area contributed by atoms with Crippen LogP contribution in [0.5, 0.6) is 0 Å². The quantitative estimate of drug-likeness (QED) is 0.847. The van der Waals surface area contributed by atoms with Gasteiger partial charge in [-0.1, -0.05) is 30.3 Å². The lowest BCUT2D eigenvalue weighted by molar-refractivity contribution is -0.118. The Bertz CT molecular complexity index is 635. The number of rotatable bonds is 5. The van der Waals surface area contributed by atoms with Gasteiger partial charge in [-0.15, -0.1) is 0 Å². The van der Waals surface area contributed by atoms with Gasteiger partial charge in [0, 0.05) is 31.5 Å². The van der Waals surface area contributed by atoms with Crippen LogP contribution >= 0.6 is 0 Å². The highest BCUT2D eigenvalue weighted by Gasteiger charge is 2.43. The molecule has 0 N–H and O–H groups in total. The van der Waals surface area contributed by atoms with Gasteiger partial charge in [-0.3, -0.25) is 9.88 Å². The van der Waals surface area contributed by atoms with Gasteiger partial charge in [0.25, 0.3) is 0 Å². The smallest absolute Gasteiger partial charge is 0.0992 e. The molecule has 0 radical (unpaired) electrons. The third kappa shape index (κ3) is 3.51. The SMILES string of the molecule is c1ccc(CN2CCO[C@H]3[C@H]2CC[C@H]3OCc2ccncc2)cc1. The Morgan fingerprint density at radius 1 is 1.04 bits per heavy atom. The van der Waals surface area contributed by atoms with Gasteiger partial charge in [0.05, 0.1) is 25.4 Å². The molecule has 1 aromatic carbocycles. The van der Waals surface area contributed by atoms with Gasteiger partial charge in [0.2, 0.25) is 0 Å². The summed E-state index contributed by atoms with van der Waals surface area (Å²) in [5.41, 5.74) is 2.55. The number of fused-ring (bicyclic) bond motifs is 1. The zero-order chi connectivity index (χ0) is 16.2. The topological polar surface area (TPSA) is 34.6 Å². The molecule has 1 aliphatic carbocycles. The number of benzene rings is 1. The summed E-state index contributed by atoms with van der Waals surface area (Å²) in [5.74, 6) is 0. The highest BCUT2D eigenvalue weighted by atomic mass is 16.5. The van der Waals surface area contributed by atoms with Gasteiger partial charge in [-0.05, 0) is 36.1 Å². The lowest BCUT2D eigenvalue weighted by Gasteiger charge is -2.39. The summed E-state index contributed by atoms with van der Waals surface area (Å²) < 4.78 is 12.3. The fourth-order valence-electron chi connectivity index (χ4n) is 3.87. The van der Waals surface area contributed by atoms with Crippen molar-refractivity contribution in [2.45, 2.75) is 44.2 Å². The molecule has 24 heavy (non-hydrogen) atoms. The minimum Gasteiger partial charge on any atom is -0.373 e. The van der Waals surface area contributed by atoms with Gasteiger partial charge >= 0.3 is 0 Å². The zero-order valence-electron chi connectivity index (χ0n) is 13.9. The first kappa shape index (κ1) is 15.8. The predicted molar refractivity (Wildman–Crippen MR) is 92.4 cm³/mol. The third-order valence-corrected chi connectivity index (χ3v) is 5.09. The number of morpholine rings is 1. The highest BCUT2D eigenvalue weighted by molar-refractivity contribution is 5.15. The molecule has 0 bridgehead atoms. The fourth-order valence-corrected chi connectivity index (χ4v) is 3.87. The number of aromatic nitrogens is 1. The molecule has 2 heterocycles. The molecule has 0 amide bonds. The summed E-state index contributed by atoms with van der Waals surface area (Å²) in [6.07, 6.45) is 6.25. The lowest BCUT2D eigenvalue weighted by atomic mass is 10.1. The Kier molecular flexibility index (Phi) is 4.88. The predicted octanol–water partition coefficient (Wildman–Crippen LogP) is 3.03. The molecular weight excluding hydrogens is 300 g/mol. The van der Waals surface area contributed by atoms with Gasteiger partial charge in [0.1, 0.15) is 0 Å². The summed E-state index contributed by atoms with van der Waals surface area (Å²) >= 11 is 0. The third-order valence-electron chi connectivity index (χ3n) is 5.09. The molecule has 4 nitrogen and oxygen atoms in total. The van der Waals surface area contributed by atoms with Crippen molar-refractivity contribution in [1.82, 2.24) is 9.88 Å². The number of nitrogens with zero attached hydrogens (tertiary/aromatic N) is 2. The first-order chi connectivity index (χ1) is 11.9. The van der Waals surface area contributed by atoms with Crippen LogP contribution in [0.4, 0.5) is 0 Å². The monoisotopic (exact) mass is 324 g/mol. The summed E-state index contributed by atoms with van der Waals surface area (Å²) in [6.45, 7) is 3.44. The molecule has 2 aliphatic rings. The van der Waals surface area contributed by atoms with E-state index < -0.39 is 0 Å². The van der Waals surface area contributed by atoms with Crippen molar-refractivity contribution < 1.29 is 9.47 Å². The number of hydrogen-bond acceptors (Lipinski definition) is 4. The van der Waals surface area contributed by atoms with E-state index in [0.717, 1.165) is 32.5 Å². The maximum absolute atomic E-state index is 6.18. The van der Waals surface area contributed by atoms with Gasteiger partial charge in [-0.25, -0.2) is 0 Å². The minimum absolute atomic E-state index is 0.196. The van der Waals surface area contributed by atoms with Gasteiger partial charge < -0.3 is 9.47 Å². The van der Waals surface area contributed by atoms with Gasteiger partial charge in [-0.2, -0.15) is 0 Å². The van der Waals surface area contributed by atoms with E-state index in [1.54, 1.807) is 0 Å². The van der Waals surface area contributed by atoms with Crippen LogP contribution in [-0.4, -0.2) is 41.3 Å². The van der Waals surface area contributed by atoms with Crippen LogP contribution in [0.25, 0.3) is 0 Å². The Labute approximate surface area is 143 Å². The van der Waals surface area contributed by atoms with Crippen molar-refractivity contribution in [3.05, 3.63) is 66.0 Å². The van der Waals surface area contributed by atoms with E-state index in [9.17, 15) is 0 Å². The van der Waals surface area contributed by atoms with E-state index in [4.69, 9.17) is 9.47 Å².